The Morgan fingerprint density at radius 3 is 3.07 bits per heavy atom. The lowest BCUT2D eigenvalue weighted by molar-refractivity contribution is -0.118. The van der Waals surface area contributed by atoms with Gasteiger partial charge in [0.15, 0.2) is 5.65 Å². The molecule has 3 heterocycles. The predicted octanol–water partition coefficient (Wildman–Crippen LogP) is 2.71. The number of hydrogen-bond donors (Lipinski definition) is 1. The Hall–Kier alpha value is -2.21. The molecule has 1 aliphatic carbocycles. The molecule has 2 atom stereocenters. The molecule has 2 aliphatic rings. The number of aromatic nitrogens is 3. The van der Waals surface area contributed by atoms with Gasteiger partial charge in [0, 0.05) is 44.1 Å². The zero-order valence-corrected chi connectivity index (χ0v) is 16.1. The van der Waals surface area contributed by atoms with Crippen LogP contribution in [0, 0.1) is 5.92 Å². The van der Waals surface area contributed by atoms with Crippen molar-refractivity contribution < 1.29 is 4.79 Å². The molecular formula is C21H29N5O. The minimum Gasteiger partial charge on any atom is -0.354 e. The number of rotatable bonds is 6. The summed E-state index contributed by atoms with van der Waals surface area (Å²) in [5.74, 6) is 1.27. The van der Waals surface area contributed by atoms with Gasteiger partial charge in [-0.3, -0.25) is 4.79 Å². The van der Waals surface area contributed by atoms with Crippen molar-refractivity contribution in [2.75, 3.05) is 26.2 Å². The average molecular weight is 367 g/mol. The van der Waals surface area contributed by atoms with Crippen molar-refractivity contribution in [3.63, 3.8) is 0 Å². The van der Waals surface area contributed by atoms with Gasteiger partial charge in [-0.2, -0.15) is 5.10 Å². The summed E-state index contributed by atoms with van der Waals surface area (Å²) < 4.78 is 1.95. The molecule has 1 aliphatic heterocycles. The van der Waals surface area contributed by atoms with Crippen molar-refractivity contribution in [3.05, 3.63) is 36.2 Å². The standard InChI is InChI=1S/C21H29N5O/c1-16(27)22-11-13-26-21-19(8-5-10-23-21)20(24-26)18-9-12-25(15-18)14-17-6-3-2-4-7-17/h2-3,5,8,10,17-18H,4,6-7,9,11-15H2,1H3,(H,22,27)/t17-,18+/m1/s1. The molecule has 1 saturated heterocycles. The van der Waals surface area contributed by atoms with Gasteiger partial charge in [-0.15, -0.1) is 0 Å². The number of allylic oxidation sites excluding steroid dienone is 2. The van der Waals surface area contributed by atoms with E-state index in [1.54, 1.807) is 6.92 Å². The minimum absolute atomic E-state index is 0.0105. The first-order chi connectivity index (χ1) is 13.2. The molecule has 1 N–H and O–H groups in total. The number of carbonyl (C=O) groups excluding carboxylic acids is 1. The van der Waals surface area contributed by atoms with Crippen LogP contribution in [0.25, 0.3) is 11.0 Å². The molecule has 0 aromatic carbocycles. The van der Waals surface area contributed by atoms with Crippen molar-refractivity contribution in [1.82, 2.24) is 25.0 Å². The third kappa shape index (κ3) is 4.21. The predicted molar refractivity (Wildman–Crippen MR) is 106 cm³/mol. The van der Waals surface area contributed by atoms with Crippen molar-refractivity contribution in [3.8, 4) is 0 Å². The average Bonchev–Trinajstić information content (AvgIpc) is 3.27. The maximum atomic E-state index is 11.1. The summed E-state index contributed by atoms with van der Waals surface area (Å²) >= 11 is 0. The van der Waals surface area contributed by atoms with E-state index in [2.05, 4.69) is 33.4 Å². The van der Waals surface area contributed by atoms with Gasteiger partial charge in [0.2, 0.25) is 5.91 Å². The summed E-state index contributed by atoms with van der Waals surface area (Å²) in [4.78, 5) is 18.3. The topological polar surface area (TPSA) is 63.1 Å². The molecule has 0 bridgehead atoms. The normalized spacial score (nSPS) is 23.1. The van der Waals surface area contributed by atoms with Gasteiger partial charge >= 0.3 is 0 Å². The van der Waals surface area contributed by atoms with Crippen molar-refractivity contribution >= 4 is 16.9 Å². The summed E-state index contributed by atoms with van der Waals surface area (Å²) in [5.41, 5.74) is 2.10. The number of likely N-dealkylation sites (tertiary alicyclic amines) is 1. The molecule has 1 amide bonds. The van der Waals surface area contributed by atoms with E-state index in [4.69, 9.17) is 5.10 Å². The summed E-state index contributed by atoms with van der Waals surface area (Å²) in [7, 11) is 0. The smallest absolute Gasteiger partial charge is 0.216 e. The Morgan fingerprint density at radius 2 is 2.26 bits per heavy atom. The van der Waals surface area contributed by atoms with Crippen molar-refractivity contribution in [1.29, 1.82) is 0 Å². The van der Waals surface area contributed by atoms with Crippen LogP contribution in [0.5, 0.6) is 0 Å². The summed E-state index contributed by atoms with van der Waals surface area (Å²) in [6, 6.07) is 4.13. The maximum Gasteiger partial charge on any atom is 0.216 e. The quantitative estimate of drug-likeness (QED) is 0.798. The number of nitrogens with zero attached hydrogens (tertiary/aromatic N) is 4. The van der Waals surface area contributed by atoms with Gasteiger partial charge in [-0.1, -0.05) is 12.2 Å². The molecule has 0 spiro atoms. The van der Waals surface area contributed by atoms with Crippen LogP contribution in [0.15, 0.2) is 30.5 Å². The van der Waals surface area contributed by atoms with Crippen LogP contribution >= 0.6 is 0 Å². The second-order valence-electron chi connectivity index (χ2n) is 7.86. The lowest BCUT2D eigenvalue weighted by Gasteiger charge is -2.24. The summed E-state index contributed by atoms with van der Waals surface area (Å²) in [6.07, 6.45) is 11.4. The van der Waals surface area contributed by atoms with E-state index in [1.807, 2.05) is 16.9 Å². The molecule has 1 fully saturated rings. The molecule has 144 valence electrons. The van der Waals surface area contributed by atoms with Gasteiger partial charge in [-0.25, -0.2) is 9.67 Å². The number of hydrogen-bond acceptors (Lipinski definition) is 4. The molecule has 4 rings (SSSR count). The van der Waals surface area contributed by atoms with Gasteiger partial charge < -0.3 is 10.2 Å². The zero-order chi connectivity index (χ0) is 18.6. The van der Waals surface area contributed by atoms with Crippen LogP contribution in [0.1, 0.15) is 44.2 Å². The molecule has 0 saturated carbocycles. The first-order valence-electron chi connectivity index (χ1n) is 10.1. The monoisotopic (exact) mass is 367 g/mol. The number of pyridine rings is 1. The SMILES string of the molecule is CC(=O)NCCn1nc([C@H]2CCN(C[C@@H]3CC=CCC3)C2)c2cccnc21. The minimum atomic E-state index is -0.0105. The zero-order valence-electron chi connectivity index (χ0n) is 16.1. The lowest BCUT2D eigenvalue weighted by atomic mass is 9.94. The van der Waals surface area contributed by atoms with Crippen LogP contribution in [-0.4, -0.2) is 51.8 Å². The number of carbonyl (C=O) groups is 1. The Balaban J connectivity index is 1.46. The molecule has 2 aromatic heterocycles. The third-order valence-corrected chi connectivity index (χ3v) is 5.79. The van der Waals surface area contributed by atoms with Crippen LogP contribution in [-0.2, 0) is 11.3 Å². The third-order valence-electron chi connectivity index (χ3n) is 5.79. The van der Waals surface area contributed by atoms with Crippen LogP contribution in [0.4, 0.5) is 0 Å². The van der Waals surface area contributed by atoms with Gasteiger partial charge in [0.1, 0.15) is 0 Å². The highest BCUT2D eigenvalue weighted by molar-refractivity contribution is 5.79. The number of amides is 1. The Kier molecular flexibility index (Phi) is 5.53. The first-order valence-corrected chi connectivity index (χ1v) is 10.1. The highest BCUT2D eigenvalue weighted by Gasteiger charge is 2.29. The van der Waals surface area contributed by atoms with Crippen molar-refractivity contribution in [2.24, 2.45) is 5.92 Å². The molecule has 2 aromatic rings. The largest absolute Gasteiger partial charge is 0.354 e. The van der Waals surface area contributed by atoms with Gasteiger partial charge in [0.25, 0.3) is 0 Å². The second-order valence-corrected chi connectivity index (χ2v) is 7.86. The molecule has 27 heavy (non-hydrogen) atoms. The van der Waals surface area contributed by atoms with E-state index in [1.165, 1.54) is 31.5 Å². The van der Waals surface area contributed by atoms with E-state index < -0.39 is 0 Å². The van der Waals surface area contributed by atoms with E-state index in [-0.39, 0.29) is 5.91 Å². The second kappa shape index (κ2) is 8.21. The van der Waals surface area contributed by atoms with Crippen LogP contribution in [0.2, 0.25) is 0 Å². The van der Waals surface area contributed by atoms with E-state index in [9.17, 15) is 4.79 Å². The fraction of sp³-hybridized carbons (Fsp3) is 0.571. The lowest BCUT2D eigenvalue weighted by Crippen LogP contribution is -2.28. The van der Waals surface area contributed by atoms with Crippen molar-refractivity contribution in [2.45, 2.75) is 45.1 Å². The van der Waals surface area contributed by atoms with Gasteiger partial charge in [-0.05, 0) is 50.3 Å². The number of fused-ring (bicyclic) bond motifs is 1. The van der Waals surface area contributed by atoms with Crippen LogP contribution in [0.3, 0.4) is 0 Å². The maximum absolute atomic E-state index is 11.1. The van der Waals surface area contributed by atoms with Crippen LogP contribution < -0.4 is 5.32 Å². The molecule has 0 unspecified atom stereocenters. The highest BCUT2D eigenvalue weighted by atomic mass is 16.1. The van der Waals surface area contributed by atoms with Gasteiger partial charge in [0.05, 0.1) is 12.2 Å². The Labute approximate surface area is 160 Å². The van der Waals surface area contributed by atoms with E-state index in [0.29, 0.717) is 19.0 Å². The molecule has 6 heteroatoms. The Bertz CT molecular complexity index is 827. The first kappa shape index (κ1) is 18.2. The fourth-order valence-corrected chi connectivity index (χ4v) is 4.44. The fourth-order valence-electron chi connectivity index (χ4n) is 4.44. The Morgan fingerprint density at radius 1 is 1.33 bits per heavy atom. The number of nitrogens with one attached hydrogen (secondary N) is 1. The highest BCUT2D eigenvalue weighted by Crippen LogP contribution is 2.32. The summed E-state index contributed by atoms with van der Waals surface area (Å²) in [5, 5.41) is 8.92. The van der Waals surface area contributed by atoms with E-state index >= 15 is 0 Å². The molecule has 0 radical (unpaired) electrons. The molecule has 6 nitrogen and oxygen atoms in total. The van der Waals surface area contributed by atoms with E-state index in [0.717, 1.165) is 36.5 Å². The molecular weight excluding hydrogens is 338 g/mol. The summed E-state index contributed by atoms with van der Waals surface area (Å²) in [6.45, 7) is 6.23.